The molecule has 1 aromatic carbocycles. The largest absolute Gasteiger partial charge is 0.304 e. The Morgan fingerprint density at radius 1 is 1.14 bits per heavy atom. The number of fused-ring (bicyclic) bond motifs is 1. The number of hydrogen-bond donors (Lipinski definition) is 1. The number of para-hydroxylation sites is 1. The van der Waals surface area contributed by atoms with Gasteiger partial charge in [-0.15, -0.1) is 0 Å². The minimum atomic E-state index is 0.276. The van der Waals surface area contributed by atoms with Gasteiger partial charge in [-0.3, -0.25) is 9.67 Å². The van der Waals surface area contributed by atoms with Gasteiger partial charge < -0.3 is 5.32 Å². The van der Waals surface area contributed by atoms with Crippen molar-refractivity contribution in [2.24, 2.45) is 0 Å². The minimum Gasteiger partial charge on any atom is -0.304 e. The summed E-state index contributed by atoms with van der Waals surface area (Å²) in [6.07, 6.45) is 3.66. The van der Waals surface area contributed by atoms with Crippen LogP contribution in [-0.4, -0.2) is 14.8 Å². The first kappa shape index (κ1) is 13.8. The molecule has 21 heavy (non-hydrogen) atoms. The molecule has 0 aliphatic heterocycles. The van der Waals surface area contributed by atoms with Gasteiger partial charge in [-0.25, -0.2) is 0 Å². The molecule has 1 atom stereocenters. The summed E-state index contributed by atoms with van der Waals surface area (Å²) in [5.41, 5.74) is 3.55. The average Bonchev–Trinajstić information content (AvgIpc) is 2.91. The summed E-state index contributed by atoms with van der Waals surface area (Å²) in [4.78, 5) is 4.06. The van der Waals surface area contributed by atoms with Crippen LogP contribution in [0.4, 0.5) is 0 Å². The third kappa shape index (κ3) is 2.81. The number of pyridine rings is 1. The van der Waals surface area contributed by atoms with Gasteiger partial charge in [0.2, 0.25) is 0 Å². The van der Waals surface area contributed by atoms with Crippen molar-refractivity contribution in [3.8, 4) is 0 Å². The lowest BCUT2D eigenvalue weighted by Gasteiger charge is -2.13. The highest BCUT2D eigenvalue weighted by Crippen LogP contribution is 2.19. The topological polar surface area (TPSA) is 42.7 Å². The quantitative estimate of drug-likeness (QED) is 0.779. The van der Waals surface area contributed by atoms with Gasteiger partial charge >= 0.3 is 0 Å². The molecule has 1 unspecified atom stereocenters. The lowest BCUT2D eigenvalue weighted by Crippen LogP contribution is -2.18. The lowest BCUT2D eigenvalue weighted by atomic mass is 10.1. The highest BCUT2D eigenvalue weighted by atomic mass is 15.3. The summed E-state index contributed by atoms with van der Waals surface area (Å²) in [6.45, 7) is 5.93. The smallest absolute Gasteiger partial charge is 0.0841 e. The first-order valence-electron chi connectivity index (χ1n) is 7.37. The second-order valence-electron chi connectivity index (χ2n) is 5.16. The number of benzene rings is 1. The zero-order valence-electron chi connectivity index (χ0n) is 12.5. The standard InChI is InChI=1S/C17H20N4/c1-3-21-17-7-5-4-6-15(17)16(20-21)12-19-13(2)14-8-10-18-11-9-14/h4-11,13,19H,3,12H2,1-2H3. The van der Waals surface area contributed by atoms with E-state index in [1.54, 1.807) is 0 Å². The van der Waals surface area contributed by atoms with Gasteiger partial charge in [0, 0.05) is 36.9 Å². The second-order valence-corrected chi connectivity index (χ2v) is 5.16. The Morgan fingerprint density at radius 2 is 1.90 bits per heavy atom. The fourth-order valence-corrected chi connectivity index (χ4v) is 2.59. The molecular formula is C17H20N4. The molecule has 2 heterocycles. The van der Waals surface area contributed by atoms with Crippen molar-refractivity contribution >= 4 is 10.9 Å². The number of nitrogens with one attached hydrogen (secondary N) is 1. The van der Waals surface area contributed by atoms with Crippen molar-refractivity contribution in [2.45, 2.75) is 33.0 Å². The van der Waals surface area contributed by atoms with E-state index in [9.17, 15) is 0 Å². The molecule has 108 valence electrons. The molecule has 3 aromatic rings. The van der Waals surface area contributed by atoms with Crippen molar-refractivity contribution in [2.75, 3.05) is 0 Å². The van der Waals surface area contributed by atoms with Crippen LogP contribution in [0.1, 0.15) is 31.1 Å². The molecule has 0 radical (unpaired) electrons. The van der Waals surface area contributed by atoms with Crippen LogP contribution in [-0.2, 0) is 13.1 Å². The summed E-state index contributed by atoms with van der Waals surface area (Å²) >= 11 is 0. The Kier molecular flexibility index (Phi) is 3.97. The van der Waals surface area contributed by atoms with Crippen molar-refractivity contribution in [1.82, 2.24) is 20.1 Å². The molecule has 0 spiro atoms. The van der Waals surface area contributed by atoms with E-state index in [0.29, 0.717) is 0 Å². The second kappa shape index (κ2) is 6.06. The highest BCUT2D eigenvalue weighted by Gasteiger charge is 2.10. The molecule has 0 aliphatic carbocycles. The molecule has 1 N–H and O–H groups in total. The molecule has 2 aromatic heterocycles. The van der Waals surface area contributed by atoms with E-state index in [2.05, 4.69) is 53.1 Å². The van der Waals surface area contributed by atoms with E-state index >= 15 is 0 Å². The summed E-state index contributed by atoms with van der Waals surface area (Å²) in [7, 11) is 0. The first-order valence-corrected chi connectivity index (χ1v) is 7.37. The first-order chi connectivity index (χ1) is 10.3. The minimum absolute atomic E-state index is 0.276. The normalized spacial score (nSPS) is 12.7. The van der Waals surface area contributed by atoms with Crippen LogP contribution >= 0.6 is 0 Å². The third-order valence-corrected chi connectivity index (χ3v) is 3.82. The SMILES string of the molecule is CCn1nc(CNC(C)c2ccncc2)c2ccccc21. The maximum absolute atomic E-state index is 4.72. The Balaban J connectivity index is 1.79. The van der Waals surface area contributed by atoms with Crippen LogP contribution in [0.25, 0.3) is 10.9 Å². The highest BCUT2D eigenvalue weighted by molar-refractivity contribution is 5.81. The molecule has 0 amide bonds. The van der Waals surface area contributed by atoms with Gasteiger partial charge in [0.25, 0.3) is 0 Å². The van der Waals surface area contributed by atoms with Crippen molar-refractivity contribution in [3.05, 3.63) is 60.0 Å². The zero-order chi connectivity index (χ0) is 14.7. The molecule has 4 nitrogen and oxygen atoms in total. The summed E-state index contributed by atoms with van der Waals surface area (Å²) in [5, 5.41) is 9.49. The van der Waals surface area contributed by atoms with Crippen LogP contribution in [0.2, 0.25) is 0 Å². The number of nitrogens with zero attached hydrogens (tertiary/aromatic N) is 3. The van der Waals surface area contributed by atoms with Crippen LogP contribution in [0.3, 0.4) is 0 Å². The fraction of sp³-hybridized carbons (Fsp3) is 0.294. The molecule has 0 aliphatic rings. The van der Waals surface area contributed by atoms with E-state index in [1.165, 1.54) is 16.5 Å². The maximum Gasteiger partial charge on any atom is 0.0841 e. The number of aryl methyl sites for hydroxylation is 1. The lowest BCUT2D eigenvalue weighted by molar-refractivity contribution is 0.558. The predicted molar refractivity (Wildman–Crippen MR) is 84.9 cm³/mol. The van der Waals surface area contributed by atoms with E-state index in [0.717, 1.165) is 18.8 Å². The van der Waals surface area contributed by atoms with Gasteiger partial charge in [-0.1, -0.05) is 18.2 Å². The third-order valence-electron chi connectivity index (χ3n) is 3.82. The van der Waals surface area contributed by atoms with Crippen LogP contribution in [0, 0.1) is 0 Å². The molecule has 4 heteroatoms. The number of rotatable bonds is 5. The molecular weight excluding hydrogens is 260 g/mol. The van der Waals surface area contributed by atoms with E-state index in [1.807, 2.05) is 24.5 Å². The van der Waals surface area contributed by atoms with Crippen molar-refractivity contribution < 1.29 is 0 Å². The van der Waals surface area contributed by atoms with Crippen LogP contribution < -0.4 is 5.32 Å². The molecule has 0 saturated heterocycles. The molecule has 0 saturated carbocycles. The summed E-state index contributed by atoms with van der Waals surface area (Å²) in [6, 6.07) is 12.8. The van der Waals surface area contributed by atoms with Crippen molar-refractivity contribution in [3.63, 3.8) is 0 Å². The maximum atomic E-state index is 4.72. The molecule has 3 rings (SSSR count). The monoisotopic (exact) mass is 280 g/mol. The Morgan fingerprint density at radius 3 is 2.67 bits per heavy atom. The van der Waals surface area contributed by atoms with E-state index in [-0.39, 0.29) is 6.04 Å². The van der Waals surface area contributed by atoms with Crippen molar-refractivity contribution in [1.29, 1.82) is 0 Å². The van der Waals surface area contributed by atoms with Crippen LogP contribution in [0.15, 0.2) is 48.8 Å². The van der Waals surface area contributed by atoms with Gasteiger partial charge in [-0.05, 0) is 37.6 Å². The molecule has 0 bridgehead atoms. The number of hydrogen-bond acceptors (Lipinski definition) is 3. The van der Waals surface area contributed by atoms with Gasteiger partial charge in [0.15, 0.2) is 0 Å². The molecule has 0 fully saturated rings. The summed E-state index contributed by atoms with van der Waals surface area (Å²) < 4.78 is 2.06. The van der Waals surface area contributed by atoms with E-state index < -0.39 is 0 Å². The average molecular weight is 280 g/mol. The fourth-order valence-electron chi connectivity index (χ4n) is 2.59. The Bertz CT molecular complexity index is 718. The number of aromatic nitrogens is 3. The van der Waals surface area contributed by atoms with Gasteiger partial charge in [0.05, 0.1) is 11.2 Å². The zero-order valence-corrected chi connectivity index (χ0v) is 12.5. The van der Waals surface area contributed by atoms with Gasteiger partial charge in [0.1, 0.15) is 0 Å². The Labute approximate surface area is 124 Å². The predicted octanol–water partition coefficient (Wildman–Crippen LogP) is 3.30. The Hall–Kier alpha value is -2.20. The van der Waals surface area contributed by atoms with Crippen LogP contribution in [0.5, 0.6) is 0 Å². The van der Waals surface area contributed by atoms with E-state index in [4.69, 9.17) is 5.10 Å². The summed E-state index contributed by atoms with van der Waals surface area (Å²) in [5.74, 6) is 0. The van der Waals surface area contributed by atoms with Gasteiger partial charge in [-0.2, -0.15) is 5.10 Å².